The molecule has 1 rings (SSSR count). The third-order valence-corrected chi connectivity index (χ3v) is 2.03. The summed E-state index contributed by atoms with van der Waals surface area (Å²) in [6.45, 7) is -3.00. The minimum atomic E-state index is -3.00. The molecule has 88 valence electrons. The van der Waals surface area contributed by atoms with Gasteiger partial charge in [0.05, 0.1) is 5.69 Å². The molecule has 0 unspecified atom stereocenters. The molecule has 0 fully saturated rings. The Hall–Kier alpha value is -1.07. The van der Waals surface area contributed by atoms with Crippen molar-refractivity contribution in [3.05, 3.63) is 23.2 Å². The number of benzene rings is 1. The van der Waals surface area contributed by atoms with Crippen LogP contribution < -0.4 is 10.1 Å². The maximum atomic E-state index is 12.0. The first-order valence-corrected chi connectivity index (χ1v) is 5.04. The highest BCUT2D eigenvalue weighted by Crippen LogP contribution is 2.29. The van der Waals surface area contributed by atoms with Gasteiger partial charge in [0.25, 0.3) is 0 Å². The fraction of sp³-hybridized carbons (Fsp3) is 0.222. The van der Waals surface area contributed by atoms with Gasteiger partial charge in [-0.15, -0.1) is 11.6 Å². The van der Waals surface area contributed by atoms with Crippen molar-refractivity contribution in [2.75, 3.05) is 11.2 Å². The van der Waals surface area contributed by atoms with Crippen molar-refractivity contribution in [3.8, 4) is 5.75 Å². The van der Waals surface area contributed by atoms with Gasteiger partial charge in [-0.05, 0) is 12.1 Å². The summed E-state index contributed by atoms with van der Waals surface area (Å²) in [7, 11) is 0. The molecule has 0 atom stereocenters. The van der Waals surface area contributed by atoms with Crippen molar-refractivity contribution in [2.24, 2.45) is 0 Å². The Morgan fingerprint density at radius 1 is 1.50 bits per heavy atom. The minimum Gasteiger partial charge on any atom is -0.433 e. The highest BCUT2D eigenvalue weighted by atomic mass is 35.5. The second kappa shape index (κ2) is 5.86. The van der Waals surface area contributed by atoms with E-state index >= 15 is 0 Å². The Labute approximate surface area is 100 Å². The van der Waals surface area contributed by atoms with E-state index in [1.807, 2.05) is 0 Å². The number of carbonyl (C=O) groups excluding carboxylic acids is 1. The van der Waals surface area contributed by atoms with Gasteiger partial charge >= 0.3 is 6.61 Å². The zero-order valence-electron chi connectivity index (χ0n) is 7.84. The second-order valence-electron chi connectivity index (χ2n) is 2.70. The number of hydrogen-bond acceptors (Lipinski definition) is 2. The van der Waals surface area contributed by atoms with Crippen molar-refractivity contribution in [1.29, 1.82) is 0 Å². The molecule has 0 aliphatic heterocycles. The highest BCUT2D eigenvalue weighted by Gasteiger charge is 2.12. The SMILES string of the molecule is O=C(CCl)Nc1ccc(Cl)cc1OC(F)F. The van der Waals surface area contributed by atoms with E-state index in [9.17, 15) is 13.6 Å². The van der Waals surface area contributed by atoms with Crippen LogP contribution in [0.2, 0.25) is 5.02 Å². The Kier molecular flexibility index (Phi) is 4.76. The molecule has 0 heterocycles. The number of amides is 1. The molecule has 7 heteroatoms. The van der Waals surface area contributed by atoms with Gasteiger partial charge in [-0.25, -0.2) is 0 Å². The van der Waals surface area contributed by atoms with Gasteiger partial charge in [0.15, 0.2) is 5.75 Å². The number of ether oxygens (including phenoxy) is 1. The number of rotatable bonds is 4. The van der Waals surface area contributed by atoms with Crippen LogP contribution in [-0.2, 0) is 4.79 Å². The molecule has 0 bridgehead atoms. The number of anilines is 1. The molecule has 0 aliphatic rings. The monoisotopic (exact) mass is 269 g/mol. The van der Waals surface area contributed by atoms with Crippen LogP contribution in [0.25, 0.3) is 0 Å². The summed E-state index contributed by atoms with van der Waals surface area (Å²) in [5.74, 6) is -1.01. The molecule has 0 radical (unpaired) electrons. The fourth-order valence-electron chi connectivity index (χ4n) is 0.977. The van der Waals surface area contributed by atoms with Crippen LogP contribution in [0.15, 0.2) is 18.2 Å². The van der Waals surface area contributed by atoms with E-state index in [1.54, 1.807) is 0 Å². The van der Waals surface area contributed by atoms with Gasteiger partial charge in [-0.1, -0.05) is 11.6 Å². The van der Waals surface area contributed by atoms with Gasteiger partial charge in [-0.2, -0.15) is 8.78 Å². The normalized spacial score (nSPS) is 10.3. The van der Waals surface area contributed by atoms with E-state index in [1.165, 1.54) is 18.2 Å². The van der Waals surface area contributed by atoms with E-state index in [-0.39, 0.29) is 22.3 Å². The molecule has 16 heavy (non-hydrogen) atoms. The average molecular weight is 270 g/mol. The highest BCUT2D eigenvalue weighted by molar-refractivity contribution is 6.31. The van der Waals surface area contributed by atoms with Crippen molar-refractivity contribution < 1.29 is 18.3 Å². The summed E-state index contributed by atoms with van der Waals surface area (Å²) in [5, 5.41) is 2.53. The van der Waals surface area contributed by atoms with E-state index in [4.69, 9.17) is 23.2 Å². The zero-order chi connectivity index (χ0) is 12.1. The van der Waals surface area contributed by atoms with Crippen LogP contribution >= 0.6 is 23.2 Å². The molecule has 0 saturated heterocycles. The molecule has 1 N–H and O–H groups in total. The van der Waals surface area contributed by atoms with Crippen molar-refractivity contribution in [3.63, 3.8) is 0 Å². The summed E-state index contributed by atoms with van der Waals surface area (Å²) in [6.07, 6.45) is 0. The van der Waals surface area contributed by atoms with E-state index < -0.39 is 12.5 Å². The van der Waals surface area contributed by atoms with Crippen LogP contribution in [0.3, 0.4) is 0 Å². The molecule has 0 spiro atoms. The Morgan fingerprint density at radius 2 is 2.19 bits per heavy atom. The summed E-state index contributed by atoms with van der Waals surface area (Å²) >= 11 is 10.9. The Morgan fingerprint density at radius 3 is 2.75 bits per heavy atom. The lowest BCUT2D eigenvalue weighted by Gasteiger charge is -2.11. The largest absolute Gasteiger partial charge is 0.433 e. The first-order valence-electron chi connectivity index (χ1n) is 4.13. The Bertz CT molecular complexity index is 388. The maximum Gasteiger partial charge on any atom is 0.387 e. The Balaban J connectivity index is 2.93. The van der Waals surface area contributed by atoms with Crippen molar-refractivity contribution >= 4 is 34.8 Å². The predicted octanol–water partition coefficient (Wildman–Crippen LogP) is 3.12. The average Bonchev–Trinajstić information content (AvgIpc) is 2.21. The fourth-order valence-corrected chi connectivity index (χ4v) is 1.21. The maximum absolute atomic E-state index is 12.0. The number of halogens is 4. The molecule has 1 amide bonds. The second-order valence-corrected chi connectivity index (χ2v) is 3.40. The molecule has 0 saturated carbocycles. The number of hydrogen-bond donors (Lipinski definition) is 1. The summed E-state index contributed by atoms with van der Waals surface area (Å²) < 4.78 is 28.3. The van der Waals surface area contributed by atoms with Crippen LogP contribution in [0.5, 0.6) is 5.75 Å². The molecular formula is C9H7Cl2F2NO2. The molecule has 0 aromatic heterocycles. The van der Waals surface area contributed by atoms with Crippen LogP contribution in [0.1, 0.15) is 0 Å². The molecule has 1 aromatic carbocycles. The quantitative estimate of drug-likeness (QED) is 0.853. The molecule has 0 aliphatic carbocycles. The predicted molar refractivity (Wildman–Crippen MR) is 57.4 cm³/mol. The van der Waals surface area contributed by atoms with Crippen LogP contribution in [0, 0.1) is 0 Å². The van der Waals surface area contributed by atoms with Gasteiger partial charge in [0.2, 0.25) is 5.91 Å². The number of alkyl halides is 3. The van der Waals surface area contributed by atoms with Crippen molar-refractivity contribution in [1.82, 2.24) is 0 Å². The first-order chi connectivity index (χ1) is 7.52. The number of carbonyl (C=O) groups is 1. The van der Waals surface area contributed by atoms with Gasteiger partial charge in [-0.3, -0.25) is 4.79 Å². The molecular weight excluding hydrogens is 263 g/mol. The summed E-state index contributed by atoms with van der Waals surface area (Å²) in [4.78, 5) is 11.0. The summed E-state index contributed by atoms with van der Waals surface area (Å²) in [5.41, 5.74) is 0.0929. The molecule has 3 nitrogen and oxygen atoms in total. The van der Waals surface area contributed by atoms with E-state index in [2.05, 4.69) is 10.1 Å². The van der Waals surface area contributed by atoms with Gasteiger partial charge in [0, 0.05) is 11.1 Å². The topological polar surface area (TPSA) is 38.3 Å². The molecule has 1 aromatic rings. The van der Waals surface area contributed by atoms with Crippen LogP contribution in [0.4, 0.5) is 14.5 Å². The first kappa shape index (κ1) is 13.0. The van der Waals surface area contributed by atoms with E-state index in [0.29, 0.717) is 0 Å². The minimum absolute atomic E-state index is 0.0929. The number of nitrogens with one attached hydrogen (secondary N) is 1. The lowest BCUT2D eigenvalue weighted by atomic mass is 10.3. The third kappa shape index (κ3) is 3.83. The van der Waals surface area contributed by atoms with Gasteiger partial charge in [0.1, 0.15) is 5.88 Å². The smallest absolute Gasteiger partial charge is 0.387 e. The van der Waals surface area contributed by atoms with Crippen molar-refractivity contribution in [2.45, 2.75) is 6.61 Å². The van der Waals surface area contributed by atoms with E-state index in [0.717, 1.165) is 0 Å². The summed E-state index contributed by atoms with van der Waals surface area (Å²) in [6, 6.07) is 3.96. The standard InChI is InChI=1S/C9H7Cl2F2NO2/c10-4-8(15)14-6-2-1-5(11)3-7(6)16-9(12)13/h1-3,9H,4H2,(H,14,15). The van der Waals surface area contributed by atoms with Crippen LogP contribution in [-0.4, -0.2) is 18.4 Å². The third-order valence-electron chi connectivity index (χ3n) is 1.56. The van der Waals surface area contributed by atoms with Gasteiger partial charge < -0.3 is 10.1 Å². The lowest BCUT2D eigenvalue weighted by Crippen LogP contribution is -2.14. The zero-order valence-corrected chi connectivity index (χ0v) is 9.36. The lowest BCUT2D eigenvalue weighted by molar-refractivity contribution is -0.114.